The van der Waals surface area contributed by atoms with Crippen molar-refractivity contribution in [2.45, 2.75) is 44.9 Å². The molecule has 3 aliphatic rings. The number of hydrogen-bond acceptors (Lipinski definition) is 4. The summed E-state index contributed by atoms with van der Waals surface area (Å²) < 4.78 is 20.6. The molecule has 0 N–H and O–H groups in total. The van der Waals surface area contributed by atoms with Gasteiger partial charge in [-0.1, -0.05) is 23.7 Å². The summed E-state index contributed by atoms with van der Waals surface area (Å²) in [6, 6.07) is 11.5. The molecule has 176 valence electrons. The van der Waals surface area contributed by atoms with Gasteiger partial charge in [0.05, 0.1) is 22.6 Å². The molecule has 0 saturated carbocycles. The molecule has 8 heteroatoms. The van der Waals surface area contributed by atoms with Gasteiger partial charge in [-0.25, -0.2) is 9.18 Å². The zero-order valence-electron chi connectivity index (χ0n) is 19.2. The van der Waals surface area contributed by atoms with Crippen molar-refractivity contribution >= 4 is 34.5 Å². The maximum absolute atomic E-state index is 15.1. The molecule has 6 nitrogen and oxygen atoms in total. The Kier molecular flexibility index (Phi) is 5.47. The highest BCUT2D eigenvalue weighted by molar-refractivity contribution is 6.35. The van der Waals surface area contributed by atoms with Crippen LogP contribution >= 0.6 is 11.6 Å². The number of piperazine rings is 1. The zero-order valence-corrected chi connectivity index (χ0v) is 20.0. The van der Waals surface area contributed by atoms with E-state index < -0.39 is 11.4 Å². The van der Waals surface area contributed by atoms with Gasteiger partial charge in [-0.2, -0.15) is 0 Å². The molecule has 3 aliphatic heterocycles. The number of halogens is 2. The number of ether oxygens (including phenoxy) is 1. The standard InChI is InChI=1S/C26H25ClFN3O3/c1-26(2,3)34-25(33)31-17-12-18(31)14-30(13-17)24(32)16-4-6-19(22(28)11-16)15-5-7-23-20(10-15)21(27)8-9-29-23/h4-11,17-18H,12-14H2,1-3H3/t17-,18+. The molecule has 2 atom stereocenters. The van der Waals surface area contributed by atoms with E-state index in [0.717, 1.165) is 17.3 Å². The summed E-state index contributed by atoms with van der Waals surface area (Å²) in [6.45, 7) is 6.32. The lowest BCUT2D eigenvalue weighted by atomic mass is 9.87. The van der Waals surface area contributed by atoms with E-state index in [1.807, 2.05) is 20.8 Å². The van der Waals surface area contributed by atoms with Crippen LogP contribution in [0.5, 0.6) is 0 Å². The van der Waals surface area contributed by atoms with E-state index in [2.05, 4.69) is 4.98 Å². The van der Waals surface area contributed by atoms with Crippen LogP contribution in [-0.4, -0.2) is 57.6 Å². The van der Waals surface area contributed by atoms with Crippen molar-refractivity contribution in [1.29, 1.82) is 0 Å². The van der Waals surface area contributed by atoms with Crippen molar-refractivity contribution in [3.63, 3.8) is 0 Å². The van der Waals surface area contributed by atoms with Crippen LogP contribution in [-0.2, 0) is 4.74 Å². The van der Waals surface area contributed by atoms with Gasteiger partial charge in [0.15, 0.2) is 0 Å². The van der Waals surface area contributed by atoms with Crippen molar-refractivity contribution in [2.75, 3.05) is 13.1 Å². The zero-order chi connectivity index (χ0) is 24.2. The number of rotatable bonds is 2. The third-order valence-corrected chi connectivity index (χ3v) is 6.63. The highest BCUT2D eigenvalue weighted by Gasteiger charge is 2.49. The fourth-order valence-electron chi connectivity index (χ4n) is 4.73. The number of aromatic nitrogens is 1. The van der Waals surface area contributed by atoms with E-state index in [9.17, 15) is 9.59 Å². The van der Waals surface area contributed by atoms with Gasteiger partial charge in [0.1, 0.15) is 11.4 Å². The molecular weight excluding hydrogens is 457 g/mol. The van der Waals surface area contributed by atoms with E-state index >= 15 is 4.39 Å². The highest BCUT2D eigenvalue weighted by atomic mass is 35.5. The minimum absolute atomic E-state index is 0.0716. The first-order chi connectivity index (χ1) is 16.1. The van der Waals surface area contributed by atoms with Crippen molar-refractivity contribution in [2.24, 2.45) is 0 Å². The number of nitrogens with zero attached hydrogens (tertiary/aromatic N) is 3. The Hall–Kier alpha value is -3.19. The third kappa shape index (κ3) is 4.09. The van der Waals surface area contributed by atoms with Crippen molar-refractivity contribution in [3.05, 3.63) is 65.1 Å². The van der Waals surface area contributed by atoms with Gasteiger partial charge >= 0.3 is 6.09 Å². The predicted octanol–water partition coefficient (Wildman–Crippen LogP) is 5.53. The number of piperidine rings is 1. The van der Waals surface area contributed by atoms with Crippen LogP contribution in [0, 0.1) is 5.82 Å². The largest absolute Gasteiger partial charge is 0.444 e. The molecule has 0 unspecified atom stereocenters. The van der Waals surface area contributed by atoms with Gasteiger partial charge in [0, 0.05) is 35.8 Å². The van der Waals surface area contributed by atoms with Gasteiger partial charge in [0.2, 0.25) is 0 Å². The van der Waals surface area contributed by atoms with Crippen LogP contribution in [0.4, 0.5) is 9.18 Å². The summed E-state index contributed by atoms with van der Waals surface area (Å²) in [4.78, 5) is 33.2. The Balaban J connectivity index is 1.32. The lowest BCUT2D eigenvalue weighted by Gasteiger charge is -2.55. The van der Waals surface area contributed by atoms with Crippen LogP contribution in [0.15, 0.2) is 48.7 Å². The Morgan fingerprint density at radius 3 is 2.50 bits per heavy atom. The van der Waals surface area contributed by atoms with Crippen molar-refractivity contribution in [3.8, 4) is 11.1 Å². The molecule has 1 aromatic heterocycles. The second-order valence-corrected chi connectivity index (χ2v) is 10.3. The van der Waals surface area contributed by atoms with Crippen LogP contribution in [0.25, 0.3) is 22.0 Å². The predicted molar refractivity (Wildman–Crippen MR) is 128 cm³/mol. The Bertz CT molecular complexity index is 1290. The topological polar surface area (TPSA) is 62.7 Å². The molecule has 2 bridgehead atoms. The number of hydrogen-bond donors (Lipinski definition) is 0. The molecule has 0 spiro atoms. The summed E-state index contributed by atoms with van der Waals surface area (Å²) in [6.07, 6.45) is 2.13. The molecule has 2 aromatic carbocycles. The van der Waals surface area contributed by atoms with Gasteiger partial charge in [-0.3, -0.25) is 14.7 Å². The summed E-state index contributed by atoms with van der Waals surface area (Å²) in [5, 5.41) is 1.28. The Morgan fingerprint density at radius 1 is 1.09 bits per heavy atom. The number of benzene rings is 2. The normalized spacial score (nSPS) is 19.7. The highest BCUT2D eigenvalue weighted by Crippen LogP contribution is 2.35. The SMILES string of the molecule is CC(C)(C)OC(=O)N1[C@@H]2C[C@H]1CN(C(=O)c1ccc(-c3ccc4nccc(Cl)c4c3)c(F)c1)C2. The molecule has 2 amide bonds. The van der Waals surface area contributed by atoms with Crippen molar-refractivity contribution in [1.82, 2.24) is 14.8 Å². The van der Waals surface area contributed by atoms with Gasteiger partial charge < -0.3 is 9.64 Å². The molecule has 34 heavy (non-hydrogen) atoms. The molecule has 0 radical (unpaired) electrons. The molecular formula is C26H25ClFN3O3. The number of fused-ring (bicyclic) bond motifs is 3. The monoisotopic (exact) mass is 481 g/mol. The average molecular weight is 482 g/mol. The first-order valence-electron chi connectivity index (χ1n) is 11.3. The lowest BCUT2D eigenvalue weighted by Crippen LogP contribution is -2.71. The van der Waals surface area contributed by atoms with E-state index in [1.165, 1.54) is 6.07 Å². The quantitative estimate of drug-likeness (QED) is 0.483. The minimum Gasteiger partial charge on any atom is -0.444 e. The van der Waals surface area contributed by atoms with E-state index in [0.29, 0.717) is 29.2 Å². The van der Waals surface area contributed by atoms with Crippen LogP contribution in [0.3, 0.4) is 0 Å². The second kappa shape index (κ2) is 8.24. The molecule has 3 aromatic rings. The number of amides is 2. The van der Waals surface area contributed by atoms with Crippen LogP contribution in [0.1, 0.15) is 37.6 Å². The maximum atomic E-state index is 15.1. The minimum atomic E-state index is -0.567. The molecule has 0 aliphatic carbocycles. The van der Waals surface area contributed by atoms with E-state index in [4.69, 9.17) is 16.3 Å². The fourth-order valence-corrected chi connectivity index (χ4v) is 4.94. The third-order valence-electron chi connectivity index (χ3n) is 6.30. The summed E-state index contributed by atoms with van der Waals surface area (Å²) >= 11 is 6.27. The molecule has 4 heterocycles. The van der Waals surface area contributed by atoms with Gasteiger partial charge in [-0.05, 0) is 63.1 Å². The van der Waals surface area contributed by atoms with Crippen LogP contribution < -0.4 is 0 Å². The number of carbonyl (C=O) groups is 2. The first-order valence-corrected chi connectivity index (χ1v) is 11.6. The molecule has 6 rings (SSSR count). The maximum Gasteiger partial charge on any atom is 0.410 e. The smallest absolute Gasteiger partial charge is 0.410 e. The lowest BCUT2D eigenvalue weighted by molar-refractivity contribution is -0.0693. The average Bonchev–Trinajstić information content (AvgIpc) is 2.77. The molecule has 3 saturated heterocycles. The van der Waals surface area contributed by atoms with E-state index in [1.54, 1.807) is 52.4 Å². The number of pyridine rings is 1. The number of carbonyl (C=O) groups excluding carboxylic acids is 2. The second-order valence-electron chi connectivity index (χ2n) is 9.86. The Labute approximate surface area is 202 Å². The fraction of sp³-hybridized carbons (Fsp3) is 0.346. The van der Waals surface area contributed by atoms with E-state index in [-0.39, 0.29) is 29.6 Å². The Morgan fingerprint density at radius 2 is 1.82 bits per heavy atom. The summed E-state index contributed by atoms with van der Waals surface area (Å²) in [7, 11) is 0. The summed E-state index contributed by atoms with van der Waals surface area (Å²) in [5.74, 6) is -0.725. The van der Waals surface area contributed by atoms with Crippen molar-refractivity contribution < 1.29 is 18.7 Å². The first kappa shape index (κ1) is 22.6. The summed E-state index contributed by atoms with van der Waals surface area (Å²) in [5.41, 5.74) is 1.49. The van der Waals surface area contributed by atoms with Crippen LogP contribution in [0.2, 0.25) is 5.02 Å². The molecule has 3 fully saturated rings. The van der Waals surface area contributed by atoms with Gasteiger partial charge in [0.25, 0.3) is 5.91 Å². The van der Waals surface area contributed by atoms with Gasteiger partial charge in [-0.15, -0.1) is 0 Å².